The number of nitrogens with one attached hydrogen (secondary N) is 3. The summed E-state index contributed by atoms with van der Waals surface area (Å²) in [4.78, 5) is 7.77. The van der Waals surface area contributed by atoms with Crippen LogP contribution in [-0.4, -0.2) is 50.9 Å². The molecule has 0 radical (unpaired) electrons. The third-order valence-electron chi connectivity index (χ3n) is 3.10. The lowest BCUT2D eigenvalue weighted by Crippen LogP contribution is -2.31. The number of nitrogens with zero attached hydrogens (tertiary/aromatic N) is 2. The summed E-state index contributed by atoms with van der Waals surface area (Å²) in [5.41, 5.74) is 0.655. The molecule has 0 amide bonds. The number of sulfonamides is 1. The molecular formula is C15H19N5O4S2. The van der Waals surface area contributed by atoms with Crippen molar-refractivity contribution in [1.29, 1.82) is 0 Å². The Morgan fingerprint density at radius 3 is 2.58 bits per heavy atom. The van der Waals surface area contributed by atoms with Crippen molar-refractivity contribution in [3.05, 3.63) is 36.7 Å². The fourth-order valence-electron chi connectivity index (χ4n) is 1.86. The molecule has 1 aromatic carbocycles. The molecule has 0 fully saturated rings. The topological polar surface area (TPSA) is 114 Å². The van der Waals surface area contributed by atoms with Crippen molar-refractivity contribution in [2.45, 2.75) is 4.90 Å². The van der Waals surface area contributed by atoms with Crippen molar-refractivity contribution < 1.29 is 17.9 Å². The zero-order valence-electron chi connectivity index (χ0n) is 14.2. The number of thiocarbonyl (C=S) groups is 1. The van der Waals surface area contributed by atoms with Crippen molar-refractivity contribution in [2.24, 2.45) is 0 Å². The third kappa shape index (κ3) is 5.79. The monoisotopic (exact) mass is 397 g/mol. The summed E-state index contributed by atoms with van der Waals surface area (Å²) < 4.78 is 37.1. The van der Waals surface area contributed by atoms with Crippen molar-refractivity contribution in [3.63, 3.8) is 0 Å². The number of rotatable bonds is 8. The Morgan fingerprint density at radius 1 is 1.19 bits per heavy atom. The molecule has 1 heterocycles. The Labute approximate surface area is 157 Å². The van der Waals surface area contributed by atoms with Crippen LogP contribution in [0.5, 0.6) is 5.88 Å². The van der Waals surface area contributed by atoms with Gasteiger partial charge in [0.05, 0.1) is 18.6 Å². The summed E-state index contributed by atoms with van der Waals surface area (Å²) in [6, 6.07) is 7.53. The Bertz CT molecular complexity index is 843. The highest BCUT2D eigenvalue weighted by molar-refractivity contribution is 7.92. The van der Waals surface area contributed by atoms with E-state index in [1.165, 1.54) is 31.6 Å². The first kappa shape index (κ1) is 19.8. The number of benzene rings is 1. The second kappa shape index (κ2) is 9.27. The molecule has 3 N–H and O–H groups in total. The van der Waals surface area contributed by atoms with E-state index in [-0.39, 0.29) is 16.6 Å². The molecule has 2 rings (SSSR count). The highest BCUT2D eigenvalue weighted by Crippen LogP contribution is 2.18. The van der Waals surface area contributed by atoms with Crippen LogP contribution in [0.2, 0.25) is 0 Å². The van der Waals surface area contributed by atoms with Gasteiger partial charge in [0.1, 0.15) is 12.1 Å². The molecule has 0 aliphatic rings. The van der Waals surface area contributed by atoms with Gasteiger partial charge in [0.2, 0.25) is 5.88 Å². The van der Waals surface area contributed by atoms with E-state index in [1.807, 2.05) is 0 Å². The van der Waals surface area contributed by atoms with Crippen LogP contribution in [0.4, 0.5) is 11.5 Å². The molecule has 26 heavy (non-hydrogen) atoms. The molecule has 0 saturated heterocycles. The van der Waals surface area contributed by atoms with Gasteiger partial charge in [-0.2, -0.15) is 0 Å². The highest BCUT2D eigenvalue weighted by atomic mass is 32.2. The smallest absolute Gasteiger partial charge is 0.263 e. The molecule has 0 unspecified atom stereocenters. The van der Waals surface area contributed by atoms with Gasteiger partial charge in [-0.1, -0.05) is 0 Å². The largest absolute Gasteiger partial charge is 0.481 e. The normalized spacial score (nSPS) is 10.8. The summed E-state index contributed by atoms with van der Waals surface area (Å²) in [5, 5.41) is 6.34. The molecule has 9 nitrogen and oxygen atoms in total. The van der Waals surface area contributed by atoms with Gasteiger partial charge in [-0.05, 0) is 36.5 Å². The Hall–Kier alpha value is -2.50. The van der Waals surface area contributed by atoms with E-state index < -0.39 is 10.0 Å². The van der Waals surface area contributed by atoms with Crippen LogP contribution in [0.1, 0.15) is 0 Å². The molecule has 140 valence electrons. The van der Waals surface area contributed by atoms with E-state index in [0.717, 1.165) is 0 Å². The maximum Gasteiger partial charge on any atom is 0.263 e. The number of hydrogen-bond donors (Lipinski definition) is 3. The zero-order valence-corrected chi connectivity index (χ0v) is 15.9. The molecule has 0 saturated carbocycles. The van der Waals surface area contributed by atoms with E-state index in [4.69, 9.17) is 21.7 Å². The molecule has 2 aromatic rings. The van der Waals surface area contributed by atoms with Gasteiger partial charge in [-0.15, -0.1) is 0 Å². The van der Waals surface area contributed by atoms with Crippen LogP contribution in [0, 0.1) is 0 Å². The van der Waals surface area contributed by atoms with Crippen molar-refractivity contribution in [3.8, 4) is 5.88 Å². The maximum absolute atomic E-state index is 12.4. The summed E-state index contributed by atoms with van der Waals surface area (Å²) in [6.45, 7) is 1.10. The van der Waals surface area contributed by atoms with E-state index in [2.05, 4.69) is 25.3 Å². The zero-order chi connectivity index (χ0) is 19.0. The van der Waals surface area contributed by atoms with Crippen LogP contribution >= 0.6 is 12.2 Å². The van der Waals surface area contributed by atoms with E-state index in [1.54, 1.807) is 19.2 Å². The first-order chi connectivity index (χ1) is 12.4. The van der Waals surface area contributed by atoms with Crippen LogP contribution in [-0.2, 0) is 14.8 Å². The summed E-state index contributed by atoms with van der Waals surface area (Å²) in [6.07, 6.45) is 1.21. The first-order valence-corrected chi connectivity index (χ1v) is 9.36. The van der Waals surface area contributed by atoms with Crippen molar-refractivity contribution in [1.82, 2.24) is 15.3 Å². The molecule has 0 aliphatic heterocycles. The average molecular weight is 397 g/mol. The van der Waals surface area contributed by atoms with Crippen LogP contribution < -0.4 is 20.1 Å². The minimum Gasteiger partial charge on any atom is -0.481 e. The summed E-state index contributed by atoms with van der Waals surface area (Å²) in [5.74, 6) is 0.370. The molecular weight excluding hydrogens is 378 g/mol. The number of anilines is 2. The molecule has 0 spiro atoms. The van der Waals surface area contributed by atoms with Crippen LogP contribution in [0.15, 0.2) is 41.6 Å². The number of methoxy groups -OCH3 is 2. The predicted molar refractivity (Wildman–Crippen MR) is 102 cm³/mol. The van der Waals surface area contributed by atoms with Gasteiger partial charge in [0.15, 0.2) is 5.11 Å². The first-order valence-electron chi connectivity index (χ1n) is 7.47. The fourth-order valence-corrected chi connectivity index (χ4v) is 3.08. The van der Waals surface area contributed by atoms with Crippen LogP contribution in [0.25, 0.3) is 0 Å². The van der Waals surface area contributed by atoms with Gasteiger partial charge in [-0.25, -0.2) is 18.4 Å². The lowest BCUT2D eigenvalue weighted by Gasteiger charge is -2.11. The van der Waals surface area contributed by atoms with E-state index in [0.29, 0.717) is 24.0 Å². The summed E-state index contributed by atoms with van der Waals surface area (Å²) in [7, 11) is -0.758. The second-order valence-corrected chi connectivity index (χ2v) is 7.04. The molecule has 0 aliphatic carbocycles. The number of hydrogen-bond acceptors (Lipinski definition) is 7. The lowest BCUT2D eigenvalue weighted by molar-refractivity contribution is 0.204. The standard InChI is InChI=1S/C15H19N5O4S2/c1-23-8-7-16-15(25)19-11-3-5-12(6-4-11)26(21,22)20-13-9-14(24-2)18-10-17-13/h3-6,9-10H,7-8H2,1-2H3,(H2,16,19,25)(H,17,18,20). The minimum absolute atomic E-state index is 0.0823. The van der Waals surface area contributed by atoms with Crippen LogP contribution in [0.3, 0.4) is 0 Å². The fraction of sp³-hybridized carbons (Fsp3) is 0.267. The van der Waals surface area contributed by atoms with Gasteiger partial charge >= 0.3 is 0 Å². The Balaban J connectivity index is 2.02. The van der Waals surface area contributed by atoms with E-state index in [9.17, 15) is 8.42 Å². The van der Waals surface area contributed by atoms with Gasteiger partial charge in [0.25, 0.3) is 10.0 Å². The number of ether oxygens (including phenoxy) is 2. The van der Waals surface area contributed by atoms with Gasteiger partial charge < -0.3 is 20.1 Å². The van der Waals surface area contributed by atoms with Crippen molar-refractivity contribution >= 4 is 38.9 Å². The predicted octanol–water partition coefficient (Wildman–Crippen LogP) is 1.22. The van der Waals surface area contributed by atoms with Gasteiger partial charge in [-0.3, -0.25) is 4.72 Å². The quantitative estimate of drug-likeness (QED) is 0.447. The molecule has 1 aromatic heterocycles. The Kier molecular flexibility index (Phi) is 7.06. The maximum atomic E-state index is 12.4. The SMILES string of the molecule is COCCNC(=S)Nc1ccc(S(=O)(=O)Nc2cc(OC)ncn2)cc1. The number of aromatic nitrogens is 2. The second-order valence-electron chi connectivity index (χ2n) is 4.95. The minimum atomic E-state index is -3.79. The summed E-state index contributed by atoms with van der Waals surface area (Å²) >= 11 is 5.13. The molecule has 0 atom stereocenters. The molecule has 0 bridgehead atoms. The van der Waals surface area contributed by atoms with Gasteiger partial charge in [0, 0.05) is 25.4 Å². The van der Waals surface area contributed by atoms with E-state index >= 15 is 0 Å². The molecule has 11 heteroatoms. The highest BCUT2D eigenvalue weighted by Gasteiger charge is 2.15. The lowest BCUT2D eigenvalue weighted by atomic mass is 10.3. The van der Waals surface area contributed by atoms with Crippen molar-refractivity contribution in [2.75, 3.05) is 37.4 Å². The Morgan fingerprint density at radius 2 is 1.92 bits per heavy atom. The third-order valence-corrected chi connectivity index (χ3v) is 4.72. The average Bonchev–Trinajstić information content (AvgIpc) is 2.62.